The summed E-state index contributed by atoms with van der Waals surface area (Å²) in [5.74, 6) is 0. The fourth-order valence-corrected chi connectivity index (χ4v) is 3.67. The molecule has 0 amide bonds. The molecule has 0 aliphatic carbocycles. The van der Waals surface area contributed by atoms with Crippen LogP contribution >= 0.6 is 0 Å². The van der Waals surface area contributed by atoms with Crippen molar-refractivity contribution in [3.8, 4) is 22.6 Å². The lowest BCUT2D eigenvalue weighted by Crippen LogP contribution is -2.11. The van der Waals surface area contributed by atoms with E-state index < -0.39 is 0 Å². The highest BCUT2D eigenvalue weighted by Gasteiger charge is 2.15. The Balaban J connectivity index is 1.56. The summed E-state index contributed by atoms with van der Waals surface area (Å²) < 4.78 is 0. The average Bonchev–Trinajstić information content (AvgIpc) is 3.43. The Morgan fingerprint density at radius 1 is 0.931 bits per heavy atom. The number of nitrogens with one attached hydrogen (secondary N) is 3. The maximum atomic E-state index is 9.36. The van der Waals surface area contributed by atoms with Gasteiger partial charge in [-0.25, -0.2) is 0 Å². The molecule has 29 heavy (non-hydrogen) atoms. The van der Waals surface area contributed by atoms with Gasteiger partial charge in [-0.2, -0.15) is 20.5 Å². The van der Waals surface area contributed by atoms with Crippen LogP contribution in [0.2, 0.25) is 0 Å². The number of aliphatic hydroxyl groups is 1. The Morgan fingerprint density at radius 3 is 2.66 bits per heavy atom. The van der Waals surface area contributed by atoms with Gasteiger partial charge in [0.15, 0.2) is 0 Å². The molecule has 2 aromatic carbocycles. The molecule has 5 aromatic rings. The van der Waals surface area contributed by atoms with Crippen molar-refractivity contribution in [2.45, 2.75) is 13.2 Å². The van der Waals surface area contributed by atoms with E-state index in [2.05, 4.69) is 53.7 Å². The van der Waals surface area contributed by atoms with Crippen molar-refractivity contribution in [3.05, 3.63) is 53.7 Å². The van der Waals surface area contributed by atoms with E-state index >= 15 is 0 Å². The predicted molar refractivity (Wildman–Crippen MR) is 112 cm³/mol. The minimum atomic E-state index is 0.0302. The molecular weight excluding hydrogens is 366 g/mol. The second-order valence-electron chi connectivity index (χ2n) is 7.45. The highest BCUT2D eigenvalue weighted by Crippen LogP contribution is 2.31. The van der Waals surface area contributed by atoms with Crippen molar-refractivity contribution in [3.63, 3.8) is 0 Å². The van der Waals surface area contributed by atoms with Crippen LogP contribution in [0.5, 0.6) is 0 Å². The molecule has 0 aliphatic heterocycles. The molecule has 8 heteroatoms. The minimum Gasteiger partial charge on any atom is -0.392 e. The van der Waals surface area contributed by atoms with E-state index in [1.54, 1.807) is 0 Å². The molecule has 146 valence electrons. The number of hydrogen-bond acceptors (Lipinski definition) is 5. The molecule has 0 saturated heterocycles. The van der Waals surface area contributed by atoms with E-state index in [0.717, 1.165) is 55.7 Å². The molecule has 8 nitrogen and oxygen atoms in total. The molecule has 0 bridgehead atoms. The van der Waals surface area contributed by atoms with Crippen LogP contribution in [-0.2, 0) is 13.2 Å². The number of benzene rings is 2. The lowest BCUT2D eigenvalue weighted by atomic mass is 10.1. The van der Waals surface area contributed by atoms with Crippen LogP contribution < -0.4 is 0 Å². The number of rotatable bonds is 5. The highest BCUT2D eigenvalue weighted by molar-refractivity contribution is 5.97. The Morgan fingerprint density at radius 2 is 1.83 bits per heavy atom. The van der Waals surface area contributed by atoms with Gasteiger partial charge >= 0.3 is 0 Å². The Labute approximate surface area is 166 Å². The summed E-state index contributed by atoms with van der Waals surface area (Å²) in [4.78, 5) is 5.48. The Hall–Kier alpha value is -3.49. The smallest absolute Gasteiger partial charge is 0.117 e. The number of fused-ring (bicyclic) bond motifs is 2. The van der Waals surface area contributed by atoms with Crippen LogP contribution in [0, 0.1) is 0 Å². The van der Waals surface area contributed by atoms with Crippen molar-refractivity contribution in [1.29, 1.82) is 0 Å². The molecule has 0 aliphatic rings. The molecule has 0 unspecified atom stereocenters. The van der Waals surface area contributed by atoms with Crippen LogP contribution in [0.3, 0.4) is 0 Å². The number of aromatic nitrogens is 6. The fourth-order valence-electron chi connectivity index (χ4n) is 3.67. The summed E-state index contributed by atoms with van der Waals surface area (Å²) in [5.41, 5.74) is 7.38. The van der Waals surface area contributed by atoms with Crippen molar-refractivity contribution in [1.82, 2.24) is 35.5 Å². The molecule has 3 aromatic heterocycles. The predicted octanol–water partition coefficient (Wildman–Crippen LogP) is 3.05. The van der Waals surface area contributed by atoms with Gasteiger partial charge in [0.05, 0.1) is 17.8 Å². The molecule has 0 atom stereocenters. The van der Waals surface area contributed by atoms with Gasteiger partial charge in [0.2, 0.25) is 0 Å². The molecule has 0 spiro atoms. The van der Waals surface area contributed by atoms with Crippen molar-refractivity contribution in [2.24, 2.45) is 0 Å². The molecule has 0 radical (unpaired) electrons. The van der Waals surface area contributed by atoms with Crippen molar-refractivity contribution >= 4 is 21.8 Å². The summed E-state index contributed by atoms with van der Waals surface area (Å²) in [7, 11) is 4.01. The van der Waals surface area contributed by atoms with Crippen molar-refractivity contribution in [2.75, 3.05) is 14.1 Å². The fraction of sp³-hybridized carbons (Fsp3) is 0.190. The normalized spacial score (nSPS) is 11.9. The quantitative estimate of drug-likeness (QED) is 0.371. The topological polar surface area (TPSA) is 110 Å². The zero-order valence-electron chi connectivity index (χ0n) is 16.2. The first kappa shape index (κ1) is 17.6. The summed E-state index contributed by atoms with van der Waals surface area (Å²) >= 11 is 0. The Bertz CT molecular complexity index is 1310. The lowest BCUT2D eigenvalue weighted by Gasteiger charge is -2.07. The summed E-state index contributed by atoms with van der Waals surface area (Å²) in [6.07, 6.45) is 0. The van der Waals surface area contributed by atoms with E-state index in [4.69, 9.17) is 0 Å². The summed E-state index contributed by atoms with van der Waals surface area (Å²) in [6, 6.07) is 14.1. The van der Waals surface area contributed by atoms with Gasteiger partial charge in [-0.05, 0) is 50.0 Å². The molecular formula is C21H21N7O. The molecule has 0 fully saturated rings. The monoisotopic (exact) mass is 387 g/mol. The number of H-pyrrole nitrogens is 3. The van der Waals surface area contributed by atoms with Crippen LogP contribution in [0.1, 0.15) is 11.3 Å². The molecule has 4 N–H and O–H groups in total. The number of hydrogen-bond donors (Lipinski definition) is 4. The zero-order valence-corrected chi connectivity index (χ0v) is 16.2. The number of aromatic amines is 3. The van der Waals surface area contributed by atoms with Crippen LogP contribution in [0.4, 0.5) is 0 Å². The van der Waals surface area contributed by atoms with Gasteiger partial charge in [-0.15, -0.1) is 0 Å². The number of nitrogens with zero attached hydrogens (tertiary/aromatic N) is 4. The van der Waals surface area contributed by atoms with Crippen LogP contribution in [-0.4, -0.2) is 54.7 Å². The summed E-state index contributed by atoms with van der Waals surface area (Å²) in [5, 5.41) is 30.5. The Kier molecular flexibility index (Phi) is 4.15. The number of aliphatic hydroxyl groups excluding tert-OH is 1. The maximum absolute atomic E-state index is 9.36. The third-order valence-electron chi connectivity index (χ3n) is 5.05. The van der Waals surface area contributed by atoms with Gasteiger partial charge in [0.25, 0.3) is 0 Å². The maximum Gasteiger partial charge on any atom is 0.117 e. The SMILES string of the molecule is CN(C)Cc1n[nH]nc1-c1ccc2c(-c3cc4cc(CO)ccc4[nH]3)n[nH]c2c1. The van der Waals surface area contributed by atoms with Gasteiger partial charge < -0.3 is 15.0 Å². The minimum absolute atomic E-state index is 0.0302. The third kappa shape index (κ3) is 3.08. The first-order valence-electron chi connectivity index (χ1n) is 9.38. The second-order valence-corrected chi connectivity index (χ2v) is 7.45. The summed E-state index contributed by atoms with van der Waals surface area (Å²) in [6.45, 7) is 0.741. The van der Waals surface area contributed by atoms with E-state index in [-0.39, 0.29) is 6.61 Å². The molecule has 0 saturated carbocycles. The lowest BCUT2D eigenvalue weighted by molar-refractivity contribution is 0.282. The molecule has 5 rings (SSSR count). The van der Waals surface area contributed by atoms with Gasteiger partial charge in [0, 0.05) is 28.4 Å². The second kappa shape index (κ2) is 6.84. The first-order valence-corrected chi connectivity index (χ1v) is 9.38. The van der Waals surface area contributed by atoms with Gasteiger partial charge in [-0.1, -0.05) is 12.1 Å². The largest absolute Gasteiger partial charge is 0.392 e. The van der Waals surface area contributed by atoms with Crippen molar-refractivity contribution < 1.29 is 5.11 Å². The third-order valence-corrected chi connectivity index (χ3v) is 5.05. The van der Waals surface area contributed by atoms with E-state index in [0.29, 0.717) is 6.54 Å². The average molecular weight is 387 g/mol. The highest BCUT2D eigenvalue weighted by atomic mass is 16.3. The van der Waals surface area contributed by atoms with E-state index in [1.807, 2.05) is 38.4 Å². The van der Waals surface area contributed by atoms with E-state index in [9.17, 15) is 5.11 Å². The van der Waals surface area contributed by atoms with Gasteiger partial charge in [0.1, 0.15) is 17.1 Å². The van der Waals surface area contributed by atoms with E-state index in [1.165, 1.54) is 0 Å². The van der Waals surface area contributed by atoms with Gasteiger partial charge in [-0.3, -0.25) is 5.10 Å². The molecule has 3 heterocycles. The van der Waals surface area contributed by atoms with Crippen LogP contribution in [0.15, 0.2) is 42.5 Å². The zero-order chi connectivity index (χ0) is 20.0. The van der Waals surface area contributed by atoms with Crippen LogP contribution in [0.25, 0.3) is 44.5 Å². The standard InChI is InChI=1S/C21H21N7O/c1-28(2)10-19-20(26-27-24-19)13-4-5-15-17(8-13)23-25-21(15)18-9-14-7-12(11-29)3-6-16(14)22-18/h3-9,22,29H,10-11H2,1-2H3,(H,23,25)(H,24,26,27). The first-order chi connectivity index (χ1) is 14.1.